The molecule has 1 fully saturated rings. The summed E-state index contributed by atoms with van der Waals surface area (Å²) in [5.74, 6) is -1.55. The lowest BCUT2D eigenvalue weighted by atomic mass is 9.75. The molecule has 1 aromatic heterocycles. The maximum atomic E-state index is 14.9. The van der Waals surface area contributed by atoms with Crippen LogP contribution in [0.5, 0.6) is 0 Å². The largest absolute Gasteiger partial charge is 0.447 e. The van der Waals surface area contributed by atoms with Crippen molar-refractivity contribution in [3.8, 4) is 11.1 Å². The summed E-state index contributed by atoms with van der Waals surface area (Å²) in [5.41, 5.74) is 7.11. The third kappa shape index (κ3) is 7.45. The highest BCUT2D eigenvalue weighted by Gasteiger charge is 2.53. The van der Waals surface area contributed by atoms with Crippen molar-refractivity contribution in [2.24, 2.45) is 16.1 Å². The Morgan fingerprint density at radius 3 is 2.34 bits per heavy atom. The maximum absolute atomic E-state index is 14.9. The van der Waals surface area contributed by atoms with E-state index in [-0.39, 0.29) is 24.5 Å². The molecule has 1 saturated carbocycles. The summed E-state index contributed by atoms with van der Waals surface area (Å²) in [7, 11) is 1.35. The van der Waals surface area contributed by atoms with E-state index in [9.17, 15) is 27.2 Å². The minimum absolute atomic E-state index is 0.138. The Morgan fingerprint density at radius 1 is 1.12 bits per heavy atom. The predicted octanol–water partition coefficient (Wildman–Crippen LogP) is 6.74. The highest BCUT2D eigenvalue weighted by molar-refractivity contribution is 6.08. The van der Waals surface area contributed by atoms with E-state index in [2.05, 4.69) is 10.4 Å². The van der Waals surface area contributed by atoms with Gasteiger partial charge in [-0.2, -0.15) is 13.9 Å². The van der Waals surface area contributed by atoms with Crippen molar-refractivity contribution in [3.05, 3.63) is 71.5 Å². The average molecular weight is 699 g/mol. The second-order valence-electron chi connectivity index (χ2n) is 14.4. The van der Waals surface area contributed by atoms with Gasteiger partial charge in [0.25, 0.3) is 12.3 Å². The zero-order chi connectivity index (χ0) is 36.8. The van der Waals surface area contributed by atoms with Crippen molar-refractivity contribution in [1.82, 2.24) is 20.0 Å². The number of aryl methyl sites for hydroxylation is 1. The van der Waals surface area contributed by atoms with Gasteiger partial charge in [-0.1, -0.05) is 57.2 Å². The number of ether oxygens (including phenoxy) is 1. The number of amidine groups is 1. The number of carbonyl (C=O) groups excluding carboxylic acids is 2. The number of guanidine groups is 1. The summed E-state index contributed by atoms with van der Waals surface area (Å²) in [4.78, 5) is 34.8. The third-order valence-electron chi connectivity index (χ3n) is 9.04. The molecule has 4 N–H and O–H groups in total. The molecule has 2 atom stereocenters. The smallest absolute Gasteiger partial charge is 0.407 e. The van der Waals surface area contributed by atoms with Crippen LogP contribution in [-0.2, 0) is 15.1 Å². The van der Waals surface area contributed by atoms with Gasteiger partial charge >= 0.3 is 12.6 Å². The number of carbonyl (C=O) groups is 2. The van der Waals surface area contributed by atoms with Gasteiger partial charge in [-0.25, -0.2) is 23.2 Å². The molecule has 11 nitrogen and oxygen atoms in total. The second-order valence-corrected chi connectivity index (χ2v) is 14.4. The van der Waals surface area contributed by atoms with E-state index in [0.717, 1.165) is 17.7 Å². The number of hydrogen-bond donors (Lipinski definition) is 3. The molecule has 2 aromatic carbocycles. The van der Waals surface area contributed by atoms with E-state index in [4.69, 9.17) is 20.9 Å². The number of benzene rings is 2. The molecule has 2 aliphatic rings. The lowest BCUT2D eigenvalue weighted by Gasteiger charge is -2.35. The topological polar surface area (TPSA) is 142 Å². The van der Waals surface area contributed by atoms with E-state index in [0.29, 0.717) is 38.2 Å². The second kappa shape index (κ2) is 13.4. The van der Waals surface area contributed by atoms with Crippen LogP contribution in [0.15, 0.2) is 59.9 Å². The number of alkyl halides is 4. The van der Waals surface area contributed by atoms with Crippen LogP contribution in [0.4, 0.5) is 28.0 Å². The number of hydrogen-bond acceptors (Lipinski definition) is 7. The van der Waals surface area contributed by atoms with Gasteiger partial charge in [0.05, 0.1) is 12.2 Å². The number of anilines is 1. The van der Waals surface area contributed by atoms with Crippen LogP contribution in [-0.4, -0.2) is 64.1 Å². The van der Waals surface area contributed by atoms with E-state index in [1.807, 2.05) is 27.7 Å². The minimum atomic E-state index is -3.03. The Kier molecular flexibility index (Phi) is 9.74. The van der Waals surface area contributed by atoms with E-state index >= 15 is 0 Å². The van der Waals surface area contributed by atoms with Crippen LogP contribution in [0.3, 0.4) is 0 Å². The van der Waals surface area contributed by atoms with Crippen molar-refractivity contribution in [1.29, 1.82) is 5.41 Å². The number of nitrogens with zero attached hydrogens (tertiary/aromatic N) is 5. The number of halogens is 4. The summed E-state index contributed by atoms with van der Waals surface area (Å²) < 4.78 is 59.6. The molecular formula is C35H42F4N8O3. The van der Waals surface area contributed by atoms with Gasteiger partial charge < -0.3 is 20.7 Å². The van der Waals surface area contributed by atoms with Gasteiger partial charge in [-0.3, -0.25) is 15.1 Å². The Morgan fingerprint density at radius 2 is 1.78 bits per heavy atom. The van der Waals surface area contributed by atoms with Gasteiger partial charge in [0.2, 0.25) is 0 Å². The van der Waals surface area contributed by atoms with Gasteiger partial charge in [-0.15, -0.1) is 0 Å². The molecule has 0 spiro atoms. The van der Waals surface area contributed by atoms with Crippen LogP contribution in [0.25, 0.3) is 11.1 Å². The summed E-state index contributed by atoms with van der Waals surface area (Å²) in [5, 5.41) is 14.4. The molecule has 0 radical (unpaired) electrons. The molecule has 2 amide bonds. The average Bonchev–Trinajstić information content (AvgIpc) is 3.45. The zero-order valence-corrected chi connectivity index (χ0v) is 28.8. The summed E-state index contributed by atoms with van der Waals surface area (Å²) >= 11 is 0. The van der Waals surface area contributed by atoms with E-state index < -0.39 is 47.8 Å². The summed E-state index contributed by atoms with van der Waals surface area (Å²) in [6, 6.07) is 10.7. The highest BCUT2D eigenvalue weighted by atomic mass is 19.3. The fraction of sp³-hybridized carbons (Fsp3) is 0.457. The predicted molar refractivity (Wildman–Crippen MR) is 181 cm³/mol. The molecule has 5 rings (SSSR count). The Balaban J connectivity index is 1.55. The zero-order valence-electron chi connectivity index (χ0n) is 28.8. The van der Waals surface area contributed by atoms with Gasteiger partial charge in [0, 0.05) is 30.0 Å². The van der Waals surface area contributed by atoms with Crippen molar-refractivity contribution in [2.75, 3.05) is 18.6 Å². The maximum Gasteiger partial charge on any atom is 0.407 e. The van der Waals surface area contributed by atoms with E-state index in [1.54, 1.807) is 49.4 Å². The van der Waals surface area contributed by atoms with Gasteiger partial charge in [-0.05, 0) is 66.8 Å². The standard InChI is InChI=1S/C35H42F4N8O3/c1-20-7-8-22(15-25(20)45(6)28(40)27(36)37)26(18-50-32(49)44-34(5)13-14-34)47-29(48)35(43-31(47)41,19-33(2,3)4)24-11-9-21(10-12-24)23-16-42-46(17-23)30(38)39/h7-12,15-17,26-27,30,40H,13-14,18-19H2,1-6H3,(H2,41,43)(H,44,49)/t26-,35-/m1/s1. The first-order valence-electron chi connectivity index (χ1n) is 16.1. The lowest BCUT2D eigenvalue weighted by Crippen LogP contribution is -2.48. The fourth-order valence-corrected chi connectivity index (χ4v) is 6.15. The number of amides is 2. The van der Waals surface area contributed by atoms with Crippen molar-refractivity contribution >= 4 is 29.5 Å². The van der Waals surface area contributed by atoms with Gasteiger partial charge in [0.1, 0.15) is 6.61 Å². The number of rotatable bonds is 11. The Hall–Kier alpha value is -4.95. The summed E-state index contributed by atoms with van der Waals surface area (Å²) in [6.45, 7) is 6.31. The molecule has 0 saturated heterocycles. The lowest BCUT2D eigenvalue weighted by molar-refractivity contribution is -0.135. The van der Waals surface area contributed by atoms with Crippen molar-refractivity contribution in [3.63, 3.8) is 0 Å². The third-order valence-corrected chi connectivity index (χ3v) is 9.04. The van der Waals surface area contributed by atoms with Crippen LogP contribution in [0.1, 0.15) is 76.2 Å². The molecule has 15 heteroatoms. The van der Waals surface area contributed by atoms with E-state index in [1.165, 1.54) is 24.3 Å². The Labute approximate surface area is 288 Å². The first-order chi connectivity index (χ1) is 23.3. The molecular weight excluding hydrogens is 656 g/mol. The van der Waals surface area contributed by atoms with Crippen LogP contribution in [0, 0.1) is 17.7 Å². The first-order valence-corrected chi connectivity index (χ1v) is 16.1. The Bertz CT molecular complexity index is 1800. The quantitative estimate of drug-likeness (QED) is 0.115. The van der Waals surface area contributed by atoms with Crippen LogP contribution < -0.4 is 16.0 Å². The number of aromatic nitrogens is 2. The molecule has 268 valence electrons. The SMILES string of the molecule is Cc1ccc([C@@H](COC(=O)NC2(C)CC2)N2C(=O)[C@@](CC(C)(C)C)(c3ccc(-c4cnn(C(F)F)c4)cc3)N=C2N)cc1N(C)C(=N)C(F)F. The molecule has 0 bridgehead atoms. The van der Waals surface area contributed by atoms with Crippen LogP contribution in [0.2, 0.25) is 0 Å². The number of nitrogens with one attached hydrogen (secondary N) is 2. The molecule has 0 unspecified atom stereocenters. The van der Waals surface area contributed by atoms with Gasteiger partial charge in [0.15, 0.2) is 17.3 Å². The van der Waals surface area contributed by atoms with Crippen molar-refractivity contribution < 1.29 is 31.9 Å². The molecule has 3 aromatic rings. The molecule has 1 aliphatic heterocycles. The minimum Gasteiger partial charge on any atom is -0.447 e. The normalized spacial score (nSPS) is 19.1. The number of nitrogens with two attached hydrogens (primary N) is 1. The molecule has 50 heavy (non-hydrogen) atoms. The summed E-state index contributed by atoms with van der Waals surface area (Å²) in [6.07, 6.45) is 0.646. The highest BCUT2D eigenvalue weighted by Crippen LogP contribution is 2.45. The fourth-order valence-electron chi connectivity index (χ4n) is 6.15. The first kappa shape index (κ1) is 36.3. The van der Waals surface area contributed by atoms with Crippen LogP contribution >= 0.6 is 0 Å². The number of alkyl carbamates (subject to hydrolysis) is 1. The van der Waals surface area contributed by atoms with Crippen molar-refractivity contribution in [2.45, 2.75) is 84.0 Å². The number of aliphatic imine (C=N–C) groups is 1. The monoisotopic (exact) mass is 698 g/mol. The molecule has 2 heterocycles. The molecule has 1 aliphatic carbocycles.